The van der Waals surface area contributed by atoms with Gasteiger partial charge in [0.1, 0.15) is 11.6 Å². The highest BCUT2D eigenvalue weighted by molar-refractivity contribution is 5.45. The van der Waals surface area contributed by atoms with Crippen molar-refractivity contribution in [3.05, 3.63) is 47.4 Å². The van der Waals surface area contributed by atoms with Gasteiger partial charge in [-0.3, -0.25) is 0 Å². The highest BCUT2D eigenvalue weighted by atomic mass is 19.1. The summed E-state index contributed by atoms with van der Waals surface area (Å²) in [6.45, 7) is 6.69. The SMILES string of the molecule is Cc1cc(N2CCCC(C)C2)nc(NCc2ccccc2F)n1. The molecule has 0 aliphatic carbocycles. The zero-order valence-corrected chi connectivity index (χ0v) is 13.7. The number of aromatic nitrogens is 2. The van der Waals surface area contributed by atoms with Crippen molar-refractivity contribution in [2.75, 3.05) is 23.3 Å². The number of benzene rings is 1. The van der Waals surface area contributed by atoms with E-state index < -0.39 is 0 Å². The van der Waals surface area contributed by atoms with E-state index in [2.05, 4.69) is 27.1 Å². The molecule has 5 heteroatoms. The standard InChI is InChI=1S/C18H23FN4/c1-13-6-5-9-23(12-13)17-10-14(2)21-18(22-17)20-11-15-7-3-4-8-16(15)19/h3-4,7-8,10,13H,5-6,9,11-12H2,1-2H3,(H,20,21,22). The molecule has 23 heavy (non-hydrogen) atoms. The molecule has 1 N–H and O–H groups in total. The molecule has 3 rings (SSSR count). The van der Waals surface area contributed by atoms with Crippen molar-refractivity contribution >= 4 is 11.8 Å². The van der Waals surface area contributed by atoms with Crippen LogP contribution in [-0.4, -0.2) is 23.1 Å². The Morgan fingerprint density at radius 2 is 2.13 bits per heavy atom. The fraction of sp³-hybridized carbons (Fsp3) is 0.444. The second-order valence-corrected chi connectivity index (χ2v) is 6.33. The minimum atomic E-state index is -0.210. The van der Waals surface area contributed by atoms with Crippen molar-refractivity contribution in [3.8, 4) is 0 Å². The van der Waals surface area contributed by atoms with Gasteiger partial charge in [-0.25, -0.2) is 9.37 Å². The molecule has 2 aromatic rings. The maximum absolute atomic E-state index is 13.7. The van der Waals surface area contributed by atoms with Crippen molar-refractivity contribution in [2.45, 2.75) is 33.2 Å². The summed E-state index contributed by atoms with van der Waals surface area (Å²) in [4.78, 5) is 11.4. The lowest BCUT2D eigenvalue weighted by Crippen LogP contribution is -2.35. The Balaban J connectivity index is 1.74. The quantitative estimate of drug-likeness (QED) is 0.932. The average Bonchev–Trinajstić information content (AvgIpc) is 2.54. The predicted molar refractivity (Wildman–Crippen MR) is 91.1 cm³/mol. The second-order valence-electron chi connectivity index (χ2n) is 6.33. The summed E-state index contributed by atoms with van der Waals surface area (Å²) < 4.78 is 13.7. The van der Waals surface area contributed by atoms with Crippen molar-refractivity contribution in [1.29, 1.82) is 0 Å². The van der Waals surface area contributed by atoms with E-state index in [0.29, 0.717) is 24.0 Å². The van der Waals surface area contributed by atoms with Gasteiger partial charge < -0.3 is 10.2 Å². The number of rotatable bonds is 4. The highest BCUT2D eigenvalue weighted by Crippen LogP contribution is 2.22. The van der Waals surface area contributed by atoms with Gasteiger partial charge in [0.2, 0.25) is 5.95 Å². The van der Waals surface area contributed by atoms with E-state index in [9.17, 15) is 4.39 Å². The molecule has 1 unspecified atom stereocenters. The first-order valence-electron chi connectivity index (χ1n) is 8.20. The molecule has 1 aliphatic heterocycles. The van der Waals surface area contributed by atoms with E-state index in [1.165, 1.54) is 18.9 Å². The number of halogens is 1. The molecule has 1 fully saturated rings. The van der Waals surface area contributed by atoms with Crippen LogP contribution in [0.25, 0.3) is 0 Å². The van der Waals surface area contributed by atoms with Crippen LogP contribution in [0.3, 0.4) is 0 Å². The number of hydrogen-bond acceptors (Lipinski definition) is 4. The zero-order chi connectivity index (χ0) is 16.2. The summed E-state index contributed by atoms with van der Waals surface area (Å²) in [5.74, 6) is 1.99. The lowest BCUT2D eigenvalue weighted by atomic mass is 10.0. The Bertz CT molecular complexity index is 674. The molecule has 1 saturated heterocycles. The number of hydrogen-bond donors (Lipinski definition) is 1. The van der Waals surface area contributed by atoms with Gasteiger partial charge in [0.25, 0.3) is 0 Å². The van der Waals surface area contributed by atoms with Crippen LogP contribution in [0.15, 0.2) is 30.3 Å². The summed E-state index contributed by atoms with van der Waals surface area (Å²) in [6.07, 6.45) is 2.47. The van der Waals surface area contributed by atoms with E-state index in [-0.39, 0.29) is 5.82 Å². The molecule has 2 heterocycles. The Kier molecular flexibility index (Phi) is 4.74. The van der Waals surface area contributed by atoms with Crippen LogP contribution in [0.5, 0.6) is 0 Å². The second kappa shape index (κ2) is 6.94. The number of nitrogens with zero attached hydrogens (tertiary/aromatic N) is 3. The molecule has 122 valence electrons. The summed E-state index contributed by atoms with van der Waals surface area (Å²) >= 11 is 0. The zero-order valence-electron chi connectivity index (χ0n) is 13.7. The lowest BCUT2D eigenvalue weighted by Gasteiger charge is -2.32. The molecule has 0 saturated carbocycles. The van der Waals surface area contributed by atoms with Crippen LogP contribution in [0.1, 0.15) is 31.0 Å². The van der Waals surface area contributed by atoms with E-state index in [1.807, 2.05) is 19.1 Å². The van der Waals surface area contributed by atoms with Crippen LogP contribution in [0.4, 0.5) is 16.2 Å². The predicted octanol–water partition coefficient (Wildman–Crippen LogP) is 3.77. The summed E-state index contributed by atoms with van der Waals surface area (Å²) in [5.41, 5.74) is 1.54. The van der Waals surface area contributed by atoms with E-state index in [0.717, 1.165) is 24.6 Å². The fourth-order valence-corrected chi connectivity index (χ4v) is 3.01. The third-order valence-corrected chi connectivity index (χ3v) is 4.22. The summed E-state index contributed by atoms with van der Waals surface area (Å²) in [5, 5.41) is 3.14. The number of aryl methyl sites for hydroxylation is 1. The molecule has 1 atom stereocenters. The molecule has 0 amide bonds. The first-order chi connectivity index (χ1) is 11.1. The largest absolute Gasteiger partial charge is 0.356 e. The van der Waals surface area contributed by atoms with Gasteiger partial charge in [0, 0.05) is 37.0 Å². The smallest absolute Gasteiger partial charge is 0.225 e. The van der Waals surface area contributed by atoms with Gasteiger partial charge >= 0.3 is 0 Å². The van der Waals surface area contributed by atoms with Crippen LogP contribution in [-0.2, 0) is 6.54 Å². The maximum Gasteiger partial charge on any atom is 0.225 e. The van der Waals surface area contributed by atoms with Gasteiger partial charge in [-0.15, -0.1) is 0 Å². The molecule has 0 bridgehead atoms. The molecule has 1 aromatic heterocycles. The number of anilines is 2. The van der Waals surface area contributed by atoms with Crippen molar-refractivity contribution in [1.82, 2.24) is 9.97 Å². The Hall–Kier alpha value is -2.17. The fourth-order valence-electron chi connectivity index (χ4n) is 3.01. The minimum Gasteiger partial charge on any atom is -0.356 e. The van der Waals surface area contributed by atoms with E-state index in [1.54, 1.807) is 12.1 Å². The topological polar surface area (TPSA) is 41.1 Å². The van der Waals surface area contributed by atoms with E-state index >= 15 is 0 Å². The van der Waals surface area contributed by atoms with Crippen LogP contribution in [0, 0.1) is 18.7 Å². The highest BCUT2D eigenvalue weighted by Gasteiger charge is 2.18. The Morgan fingerprint density at radius 1 is 1.30 bits per heavy atom. The summed E-state index contributed by atoms with van der Waals surface area (Å²) in [7, 11) is 0. The lowest BCUT2D eigenvalue weighted by molar-refractivity contribution is 0.444. The maximum atomic E-state index is 13.7. The molecule has 4 nitrogen and oxygen atoms in total. The van der Waals surface area contributed by atoms with Gasteiger partial charge in [-0.1, -0.05) is 25.1 Å². The Morgan fingerprint density at radius 3 is 2.91 bits per heavy atom. The normalized spacial score (nSPS) is 18.0. The van der Waals surface area contributed by atoms with Crippen molar-refractivity contribution < 1.29 is 4.39 Å². The van der Waals surface area contributed by atoms with Crippen LogP contribution >= 0.6 is 0 Å². The van der Waals surface area contributed by atoms with Gasteiger partial charge in [0.05, 0.1) is 0 Å². The van der Waals surface area contributed by atoms with Crippen molar-refractivity contribution in [3.63, 3.8) is 0 Å². The Labute approximate surface area is 136 Å². The van der Waals surface area contributed by atoms with Gasteiger partial charge in [0.15, 0.2) is 0 Å². The molecule has 0 spiro atoms. The van der Waals surface area contributed by atoms with Crippen LogP contribution < -0.4 is 10.2 Å². The first kappa shape index (κ1) is 15.7. The third kappa shape index (κ3) is 3.97. The molecular formula is C18H23FN4. The molecule has 1 aliphatic rings. The van der Waals surface area contributed by atoms with Gasteiger partial charge in [-0.05, 0) is 31.7 Å². The van der Waals surface area contributed by atoms with Gasteiger partial charge in [-0.2, -0.15) is 4.98 Å². The average molecular weight is 314 g/mol. The monoisotopic (exact) mass is 314 g/mol. The molecule has 1 aromatic carbocycles. The van der Waals surface area contributed by atoms with E-state index in [4.69, 9.17) is 0 Å². The molecule has 0 radical (unpaired) electrons. The number of nitrogens with one attached hydrogen (secondary N) is 1. The number of piperidine rings is 1. The van der Waals surface area contributed by atoms with Crippen molar-refractivity contribution in [2.24, 2.45) is 5.92 Å². The summed E-state index contributed by atoms with van der Waals surface area (Å²) in [6, 6.07) is 8.78. The first-order valence-corrected chi connectivity index (χ1v) is 8.20. The van der Waals surface area contributed by atoms with Crippen LogP contribution in [0.2, 0.25) is 0 Å². The molecular weight excluding hydrogens is 291 g/mol. The minimum absolute atomic E-state index is 0.210. The third-order valence-electron chi connectivity index (χ3n) is 4.22.